The van der Waals surface area contributed by atoms with E-state index in [1.54, 1.807) is 22.3 Å². The SMILES string of the molecule is [Br-].[Br-].c1cc2cc3c(cc2c2cc4c(cc12)C[N+]1(CCCCC1)C4)C[N+]1(CCCCC1)C3. The van der Waals surface area contributed by atoms with Gasteiger partial charge in [0.2, 0.25) is 0 Å². The van der Waals surface area contributed by atoms with Gasteiger partial charge in [-0.1, -0.05) is 12.1 Å². The summed E-state index contributed by atoms with van der Waals surface area (Å²) in [6, 6.07) is 15.0. The quantitative estimate of drug-likeness (QED) is 0.270. The standard InChI is InChI=1S/C28H34N2.2BrH/c1-3-9-29(10-4-1)17-23-13-21-7-8-22-14-24-18-30(11-5-2-6-12-30)20-26(24)16-28(22)27(21)15-25(23)19-29;;/h7-8,13-16H,1-6,9-12,17-20H2;2*1H/q+2;;/p-2. The third-order valence-electron chi connectivity index (χ3n) is 9.03. The Hall–Kier alpha value is -0.940. The lowest BCUT2D eigenvalue weighted by Crippen LogP contribution is -3.00. The summed E-state index contributed by atoms with van der Waals surface area (Å²) < 4.78 is 2.66. The molecule has 4 heteroatoms. The number of rotatable bonds is 0. The summed E-state index contributed by atoms with van der Waals surface area (Å²) in [5, 5.41) is 5.92. The maximum absolute atomic E-state index is 2.58. The Morgan fingerprint density at radius 1 is 0.438 bits per heavy atom. The maximum Gasteiger partial charge on any atom is 0.105 e. The molecule has 32 heavy (non-hydrogen) atoms. The normalized spacial score (nSPS) is 22.5. The van der Waals surface area contributed by atoms with Gasteiger partial charge in [0.15, 0.2) is 0 Å². The number of quaternary nitrogens is 2. The number of fused-ring (bicyclic) bond motifs is 5. The van der Waals surface area contributed by atoms with Crippen LogP contribution in [-0.2, 0) is 26.2 Å². The molecule has 0 aliphatic carbocycles. The second-order valence-corrected chi connectivity index (χ2v) is 11.1. The van der Waals surface area contributed by atoms with Crippen LogP contribution in [0.4, 0.5) is 0 Å². The minimum absolute atomic E-state index is 0. The Bertz CT molecular complexity index is 1080. The summed E-state index contributed by atoms with van der Waals surface area (Å²) in [4.78, 5) is 0. The molecule has 0 bridgehead atoms. The summed E-state index contributed by atoms with van der Waals surface area (Å²) in [5.74, 6) is 0. The fourth-order valence-electron chi connectivity index (χ4n) is 7.48. The van der Waals surface area contributed by atoms with Crippen LogP contribution < -0.4 is 34.0 Å². The van der Waals surface area contributed by atoms with Crippen molar-refractivity contribution in [3.8, 4) is 0 Å². The number of piperidine rings is 2. The average Bonchev–Trinajstić information content (AvgIpc) is 3.27. The Morgan fingerprint density at radius 2 is 0.781 bits per heavy atom. The average molecular weight is 558 g/mol. The summed E-state index contributed by atoms with van der Waals surface area (Å²) in [6.45, 7) is 10.6. The van der Waals surface area contributed by atoms with Crippen molar-refractivity contribution < 1.29 is 42.9 Å². The van der Waals surface area contributed by atoms with Gasteiger partial charge in [-0.05, 0) is 84.3 Å². The highest BCUT2D eigenvalue weighted by Crippen LogP contribution is 2.40. The lowest BCUT2D eigenvalue weighted by Gasteiger charge is -2.37. The zero-order chi connectivity index (χ0) is 19.8. The lowest BCUT2D eigenvalue weighted by molar-refractivity contribution is -0.951. The first kappa shape index (κ1) is 22.8. The van der Waals surface area contributed by atoms with E-state index in [0.29, 0.717) is 0 Å². The minimum Gasteiger partial charge on any atom is -1.00 e. The Balaban J connectivity index is 0.00000108. The fraction of sp³-hybridized carbons (Fsp3) is 0.500. The van der Waals surface area contributed by atoms with Crippen LogP contribution in [0.1, 0.15) is 60.8 Å². The third-order valence-corrected chi connectivity index (χ3v) is 9.03. The zero-order valence-electron chi connectivity index (χ0n) is 19.0. The van der Waals surface area contributed by atoms with Gasteiger partial charge in [-0.2, -0.15) is 0 Å². The molecule has 0 saturated carbocycles. The van der Waals surface area contributed by atoms with E-state index in [1.165, 1.54) is 121 Å². The van der Waals surface area contributed by atoms with Gasteiger partial charge in [0, 0.05) is 22.3 Å². The first-order valence-electron chi connectivity index (χ1n) is 12.4. The molecule has 0 atom stereocenters. The van der Waals surface area contributed by atoms with E-state index in [2.05, 4.69) is 36.4 Å². The highest BCUT2D eigenvalue weighted by Gasteiger charge is 2.38. The molecule has 2 fully saturated rings. The molecule has 0 aromatic heterocycles. The van der Waals surface area contributed by atoms with Gasteiger partial charge in [-0.25, -0.2) is 0 Å². The van der Waals surface area contributed by atoms with Gasteiger partial charge < -0.3 is 42.9 Å². The zero-order valence-corrected chi connectivity index (χ0v) is 22.2. The van der Waals surface area contributed by atoms with Crippen molar-refractivity contribution in [3.05, 3.63) is 58.7 Å². The predicted molar refractivity (Wildman–Crippen MR) is 124 cm³/mol. The van der Waals surface area contributed by atoms with E-state index in [4.69, 9.17) is 0 Å². The van der Waals surface area contributed by atoms with Crippen molar-refractivity contribution in [1.82, 2.24) is 0 Å². The fourth-order valence-corrected chi connectivity index (χ4v) is 7.48. The van der Waals surface area contributed by atoms with Crippen LogP contribution in [0.15, 0.2) is 36.4 Å². The van der Waals surface area contributed by atoms with Crippen LogP contribution in [0.2, 0.25) is 0 Å². The van der Waals surface area contributed by atoms with Crippen molar-refractivity contribution in [2.45, 2.75) is 64.7 Å². The molecule has 2 spiro atoms. The Labute approximate surface area is 213 Å². The molecule has 0 unspecified atom stereocenters. The largest absolute Gasteiger partial charge is 1.00 e. The molecule has 3 aromatic carbocycles. The topological polar surface area (TPSA) is 0 Å². The van der Waals surface area contributed by atoms with Crippen LogP contribution in [0.3, 0.4) is 0 Å². The second-order valence-electron chi connectivity index (χ2n) is 11.1. The molecular formula is C28H34Br2N2. The maximum atomic E-state index is 2.58. The van der Waals surface area contributed by atoms with E-state index in [-0.39, 0.29) is 34.0 Å². The summed E-state index contributed by atoms with van der Waals surface area (Å²) in [5.41, 5.74) is 6.53. The van der Waals surface area contributed by atoms with Crippen molar-refractivity contribution in [2.24, 2.45) is 0 Å². The van der Waals surface area contributed by atoms with E-state index in [0.717, 1.165) is 0 Å². The highest BCUT2D eigenvalue weighted by atomic mass is 79.9. The van der Waals surface area contributed by atoms with Gasteiger partial charge >= 0.3 is 0 Å². The summed E-state index contributed by atoms with van der Waals surface area (Å²) in [6.07, 6.45) is 8.55. The van der Waals surface area contributed by atoms with E-state index < -0.39 is 0 Å². The monoisotopic (exact) mass is 556 g/mol. The molecule has 0 radical (unpaired) electrons. The van der Waals surface area contributed by atoms with Crippen LogP contribution in [0.25, 0.3) is 21.5 Å². The molecule has 3 aromatic rings. The van der Waals surface area contributed by atoms with Crippen LogP contribution in [0, 0.1) is 0 Å². The minimum atomic E-state index is 0. The molecular weight excluding hydrogens is 524 g/mol. The smallest absolute Gasteiger partial charge is 0.105 e. The van der Waals surface area contributed by atoms with E-state index in [1.807, 2.05) is 0 Å². The van der Waals surface area contributed by atoms with Crippen molar-refractivity contribution >= 4 is 21.5 Å². The molecule has 4 aliphatic heterocycles. The van der Waals surface area contributed by atoms with Crippen LogP contribution in [0.5, 0.6) is 0 Å². The summed E-state index contributed by atoms with van der Waals surface area (Å²) in [7, 11) is 0. The van der Waals surface area contributed by atoms with Crippen molar-refractivity contribution in [3.63, 3.8) is 0 Å². The lowest BCUT2D eigenvalue weighted by atomic mass is 9.95. The van der Waals surface area contributed by atoms with Crippen LogP contribution >= 0.6 is 0 Å². The van der Waals surface area contributed by atoms with Gasteiger partial charge in [-0.15, -0.1) is 0 Å². The molecule has 7 rings (SSSR count). The highest BCUT2D eigenvalue weighted by molar-refractivity contribution is 6.08. The third kappa shape index (κ3) is 3.57. The Kier molecular flexibility index (Phi) is 5.97. The molecule has 0 amide bonds. The molecule has 2 saturated heterocycles. The van der Waals surface area contributed by atoms with Gasteiger partial charge in [-0.3, -0.25) is 0 Å². The van der Waals surface area contributed by atoms with Crippen molar-refractivity contribution in [2.75, 3.05) is 26.2 Å². The predicted octanol–water partition coefficient (Wildman–Crippen LogP) is 0.0296. The van der Waals surface area contributed by atoms with Crippen LogP contribution in [-0.4, -0.2) is 35.1 Å². The Morgan fingerprint density at radius 3 is 1.16 bits per heavy atom. The van der Waals surface area contributed by atoms with E-state index in [9.17, 15) is 0 Å². The molecule has 4 heterocycles. The molecule has 2 nitrogen and oxygen atoms in total. The van der Waals surface area contributed by atoms with Gasteiger partial charge in [0.1, 0.15) is 26.2 Å². The molecule has 4 aliphatic rings. The first-order chi connectivity index (χ1) is 14.7. The van der Waals surface area contributed by atoms with E-state index >= 15 is 0 Å². The number of nitrogens with zero attached hydrogens (tertiary/aromatic N) is 2. The molecule has 0 N–H and O–H groups in total. The summed E-state index contributed by atoms with van der Waals surface area (Å²) >= 11 is 0. The number of hydrogen-bond acceptors (Lipinski definition) is 0. The van der Waals surface area contributed by atoms with Gasteiger partial charge in [0.05, 0.1) is 26.2 Å². The molecule has 170 valence electrons. The first-order valence-corrected chi connectivity index (χ1v) is 12.4. The number of hydrogen-bond donors (Lipinski definition) is 0. The van der Waals surface area contributed by atoms with Gasteiger partial charge in [0.25, 0.3) is 0 Å². The van der Waals surface area contributed by atoms with Crippen molar-refractivity contribution in [1.29, 1.82) is 0 Å². The number of benzene rings is 3. The number of halogens is 2. The second kappa shape index (κ2) is 8.37.